The van der Waals surface area contributed by atoms with Gasteiger partial charge in [0, 0.05) is 5.41 Å². The van der Waals surface area contributed by atoms with E-state index in [0.29, 0.717) is 11.8 Å². The SMILES string of the molecule is CC(C)c1cccc(C(C)C)c1[N-]C(=O)C(C)(C)C.[Na+]. The average molecular weight is 283 g/mol. The van der Waals surface area contributed by atoms with Crippen molar-refractivity contribution in [3.8, 4) is 0 Å². The minimum absolute atomic E-state index is 0. The molecule has 3 heteroatoms. The Bertz CT molecular complexity index is 432. The van der Waals surface area contributed by atoms with E-state index in [1.165, 1.54) is 0 Å². The normalized spacial score (nSPS) is 11.4. The number of rotatable bonds is 3. The van der Waals surface area contributed by atoms with Gasteiger partial charge in [-0.25, -0.2) is 0 Å². The number of carbonyl (C=O) groups is 1. The van der Waals surface area contributed by atoms with Crippen LogP contribution in [0.25, 0.3) is 5.32 Å². The molecular formula is C17H26NNaO. The van der Waals surface area contributed by atoms with E-state index in [9.17, 15) is 4.79 Å². The van der Waals surface area contributed by atoms with Gasteiger partial charge in [0.25, 0.3) is 0 Å². The Morgan fingerprint density at radius 3 is 1.70 bits per heavy atom. The summed E-state index contributed by atoms with van der Waals surface area (Å²) in [6.45, 7) is 14.3. The van der Waals surface area contributed by atoms with Crippen molar-refractivity contribution in [2.75, 3.05) is 0 Å². The van der Waals surface area contributed by atoms with E-state index >= 15 is 0 Å². The van der Waals surface area contributed by atoms with Crippen molar-refractivity contribution in [3.05, 3.63) is 34.6 Å². The van der Waals surface area contributed by atoms with Crippen LogP contribution in [0.1, 0.15) is 71.4 Å². The van der Waals surface area contributed by atoms with Gasteiger partial charge in [-0.15, -0.1) is 5.69 Å². The molecule has 0 atom stereocenters. The molecule has 1 aromatic carbocycles. The third-order valence-electron chi connectivity index (χ3n) is 3.20. The first kappa shape index (κ1) is 19.7. The van der Waals surface area contributed by atoms with Gasteiger partial charge in [0.05, 0.1) is 5.91 Å². The van der Waals surface area contributed by atoms with Crippen LogP contribution in [-0.2, 0) is 4.79 Å². The van der Waals surface area contributed by atoms with Crippen molar-refractivity contribution >= 4 is 11.6 Å². The fourth-order valence-electron chi connectivity index (χ4n) is 1.91. The predicted molar refractivity (Wildman–Crippen MR) is 82.1 cm³/mol. The van der Waals surface area contributed by atoms with E-state index in [1.807, 2.05) is 20.8 Å². The molecule has 1 aromatic rings. The maximum absolute atomic E-state index is 12.2. The molecule has 0 spiro atoms. The number of hydrogen-bond donors (Lipinski definition) is 0. The third-order valence-corrected chi connectivity index (χ3v) is 3.20. The first-order valence-corrected chi connectivity index (χ1v) is 7.03. The topological polar surface area (TPSA) is 31.2 Å². The molecule has 0 fully saturated rings. The molecule has 0 N–H and O–H groups in total. The minimum Gasteiger partial charge on any atom is -0.626 e. The Morgan fingerprint density at radius 1 is 1.00 bits per heavy atom. The zero-order valence-electron chi connectivity index (χ0n) is 14.2. The Kier molecular flexibility index (Phi) is 7.51. The molecule has 0 aliphatic rings. The van der Waals surface area contributed by atoms with Crippen LogP contribution >= 0.6 is 0 Å². The van der Waals surface area contributed by atoms with Gasteiger partial charge >= 0.3 is 29.6 Å². The molecule has 0 saturated heterocycles. The van der Waals surface area contributed by atoms with Crippen LogP contribution in [0, 0.1) is 5.41 Å². The molecule has 20 heavy (non-hydrogen) atoms. The van der Waals surface area contributed by atoms with Gasteiger partial charge in [-0.05, 0) is 11.8 Å². The number of hydrogen-bond acceptors (Lipinski definition) is 1. The van der Waals surface area contributed by atoms with Gasteiger partial charge in [-0.1, -0.05) is 77.8 Å². The Labute approximate surface area is 146 Å². The summed E-state index contributed by atoms with van der Waals surface area (Å²) in [6, 6.07) is 6.21. The third kappa shape index (κ3) is 4.91. The Morgan fingerprint density at radius 2 is 1.40 bits per heavy atom. The summed E-state index contributed by atoms with van der Waals surface area (Å²) in [6.07, 6.45) is 0. The van der Waals surface area contributed by atoms with Crippen LogP contribution in [0.15, 0.2) is 18.2 Å². The first-order chi connectivity index (χ1) is 8.64. The molecule has 0 aliphatic carbocycles. The predicted octanol–water partition coefficient (Wildman–Crippen LogP) is 2.52. The summed E-state index contributed by atoms with van der Waals surface area (Å²) in [5, 5.41) is 4.43. The van der Waals surface area contributed by atoms with Crippen molar-refractivity contribution in [1.82, 2.24) is 0 Å². The molecular weight excluding hydrogens is 257 g/mol. The van der Waals surface area contributed by atoms with Gasteiger partial charge in [-0.3, -0.25) is 0 Å². The van der Waals surface area contributed by atoms with Crippen molar-refractivity contribution < 1.29 is 34.4 Å². The van der Waals surface area contributed by atoms with Crippen LogP contribution in [-0.4, -0.2) is 5.91 Å². The summed E-state index contributed by atoms with van der Waals surface area (Å²) in [5.41, 5.74) is 2.76. The number of para-hydroxylation sites is 1. The molecule has 2 nitrogen and oxygen atoms in total. The summed E-state index contributed by atoms with van der Waals surface area (Å²) in [5.74, 6) is 0.679. The van der Waals surface area contributed by atoms with Crippen molar-refractivity contribution in [1.29, 1.82) is 0 Å². The van der Waals surface area contributed by atoms with Crippen LogP contribution in [0.5, 0.6) is 0 Å². The molecule has 0 aromatic heterocycles. The second kappa shape index (κ2) is 7.63. The second-order valence-electron chi connectivity index (χ2n) is 6.76. The molecule has 1 amide bonds. The molecule has 0 heterocycles. The molecule has 0 bridgehead atoms. The summed E-state index contributed by atoms with van der Waals surface area (Å²) in [7, 11) is 0. The van der Waals surface area contributed by atoms with Crippen LogP contribution < -0.4 is 29.6 Å². The van der Waals surface area contributed by atoms with Crippen LogP contribution in [0.3, 0.4) is 0 Å². The summed E-state index contributed by atoms with van der Waals surface area (Å²) >= 11 is 0. The van der Waals surface area contributed by atoms with E-state index < -0.39 is 5.41 Å². The second-order valence-corrected chi connectivity index (χ2v) is 6.76. The zero-order valence-corrected chi connectivity index (χ0v) is 16.2. The largest absolute Gasteiger partial charge is 1.00 e. The standard InChI is InChI=1S/C17H27NO.Na/c1-11(2)13-9-8-10-14(12(3)4)15(13)18-16(19)17(5,6)7;/h8-12H,1-7H3,(H,18,19);/q;+1/p-1. The average Bonchev–Trinajstić information content (AvgIpc) is 2.27. The van der Waals surface area contributed by atoms with Crippen molar-refractivity contribution in [2.24, 2.45) is 5.41 Å². The number of benzene rings is 1. The summed E-state index contributed by atoms with van der Waals surface area (Å²) < 4.78 is 0. The molecule has 1 rings (SSSR count). The van der Waals surface area contributed by atoms with Crippen LogP contribution in [0.2, 0.25) is 0 Å². The van der Waals surface area contributed by atoms with E-state index in [1.54, 1.807) is 0 Å². The fourth-order valence-corrected chi connectivity index (χ4v) is 1.91. The van der Waals surface area contributed by atoms with E-state index in [2.05, 4.69) is 51.2 Å². The molecule has 0 radical (unpaired) electrons. The molecule has 0 unspecified atom stereocenters. The summed E-state index contributed by atoms with van der Waals surface area (Å²) in [4.78, 5) is 12.2. The van der Waals surface area contributed by atoms with Gasteiger partial charge in [0.1, 0.15) is 0 Å². The first-order valence-electron chi connectivity index (χ1n) is 7.03. The monoisotopic (exact) mass is 283 g/mol. The van der Waals surface area contributed by atoms with Gasteiger partial charge < -0.3 is 10.1 Å². The number of nitrogens with zero attached hydrogens (tertiary/aromatic N) is 1. The molecule has 0 saturated carbocycles. The maximum atomic E-state index is 12.2. The fraction of sp³-hybridized carbons (Fsp3) is 0.588. The quantitative estimate of drug-likeness (QED) is 0.784. The van der Waals surface area contributed by atoms with E-state index in [4.69, 9.17) is 0 Å². The van der Waals surface area contributed by atoms with Gasteiger partial charge in [0.2, 0.25) is 0 Å². The Balaban J connectivity index is 0.00000361. The molecule has 106 valence electrons. The minimum atomic E-state index is -0.432. The van der Waals surface area contributed by atoms with Crippen molar-refractivity contribution in [3.63, 3.8) is 0 Å². The van der Waals surface area contributed by atoms with E-state index in [0.717, 1.165) is 16.8 Å². The molecule has 0 aliphatic heterocycles. The number of carbonyl (C=O) groups excluding carboxylic acids is 1. The van der Waals surface area contributed by atoms with Crippen LogP contribution in [0.4, 0.5) is 5.69 Å². The smallest absolute Gasteiger partial charge is 0.626 e. The Hall–Kier alpha value is -0.310. The maximum Gasteiger partial charge on any atom is 1.00 e. The number of amides is 1. The zero-order chi connectivity index (χ0) is 14.8. The van der Waals surface area contributed by atoms with Crippen molar-refractivity contribution in [2.45, 2.75) is 60.3 Å². The van der Waals surface area contributed by atoms with E-state index in [-0.39, 0.29) is 35.5 Å². The van der Waals surface area contributed by atoms with Gasteiger partial charge in [-0.2, -0.15) is 0 Å². The van der Waals surface area contributed by atoms with Gasteiger partial charge in [0.15, 0.2) is 0 Å².